The second kappa shape index (κ2) is 7.45. The predicted octanol–water partition coefficient (Wildman–Crippen LogP) is 2.82. The van der Waals surface area contributed by atoms with Gasteiger partial charge in [-0.2, -0.15) is 0 Å². The molecular formula is C14H22ClN3O2. The van der Waals surface area contributed by atoms with Crippen molar-refractivity contribution in [2.75, 3.05) is 26.0 Å². The van der Waals surface area contributed by atoms with E-state index in [-0.39, 0.29) is 11.6 Å². The molecule has 0 amide bonds. The van der Waals surface area contributed by atoms with E-state index in [0.717, 1.165) is 13.0 Å². The molecule has 1 rings (SSSR count). The highest BCUT2D eigenvalue weighted by molar-refractivity contribution is 6.33. The van der Waals surface area contributed by atoms with Crippen LogP contribution in [-0.2, 0) is 0 Å². The number of anilines is 1. The van der Waals surface area contributed by atoms with E-state index in [9.17, 15) is 4.79 Å². The highest BCUT2D eigenvalue weighted by atomic mass is 35.5. The molecule has 0 fully saturated rings. The van der Waals surface area contributed by atoms with Gasteiger partial charge in [-0.3, -0.25) is 0 Å². The molecule has 0 bridgehead atoms. The Morgan fingerprint density at radius 1 is 1.50 bits per heavy atom. The van der Waals surface area contributed by atoms with Crippen molar-refractivity contribution in [3.05, 3.63) is 22.8 Å². The number of aromatic nitrogens is 1. The highest BCUT2D eigenvalue weighted by Gasteiger charge is 2.15. The van der Waals surface area contributed by atoms with Gasteiger partial charge >= 0.3 is 5.97 Å². The van der Waals surface area contributed by atoms with E-state index in [1.807, 2.05) is 14.1 Å². The van der Waals surface area contributed by atoms with Crippen LogP contribution in [0.3, 0.4) is 0 Å². The van der Waals surface area contributed by atoms with Gasteiger partial charge in [0, 0.05) is 18.8 Å². The molecule has 5 nitrogen and oxygen atoms in total. The van der Waals surface area contributed by atoms with Gasteiger partial charge in [0.1, 0.15) is 5.82 Å². The van der Waals surface area contributed by atoms with E-state index in [1.165, 1.54) is 12.3 Å². The topological polar surface area (TPSA) is 65.5 Å². The van der Waals surface area contributed by atoms with Crippen LogP contribution in [0.25, 0.3) is 0 Å². The SMILES string of the molecule is CC(C)CC(CN(C)C)Nc1ncc(C(=O)O)cc1Cl. The Morgan fingerprint density at radius 2 is 2.15 bits per heavy atom. The van der Waals surface area contributed by atoms with Crippen LogP contribution in [-0.4, -0.2) is 47.6 Å². The number of aromatic carboxylic acids is 1. The van der Waals surface area contributed by atoms with Crippen LogP contribution in [0.4, 0.5) is 5.82 Å². The first kappa shape index (κ1) is 16.7. The summed E-state index contributed by atoms with van der Waals surface area (Å²) in [6, 6.07) is 1.63. The number of nitrogens with one attached hydrogen (secondary N) is 1. The second-order valence-corrected chi connectivity index (χ2v) is 6.00. The molecule has 0 aliphatic heterocycles. The van der Waals surface area contributed by atoms with Crippen molar-refractivity contribution in [1.82, 2.24) is 9.88 Å². The molecule has 6 heteroatoms. The van der Waals surface area contributed by atoms with Gasteiger partial charge < -0.3 is 15.3 Å². The molecule has 0 aliphatic rings. The van der Waals surface area contributed by atoms with E-state index < -0.39 is 5.97 Å². The van der Waals surface area contributed by atoms with Crippen LogP contribution in [0.2, 0.25) is 5.02 Å². The van der Waals surface area contributed by atoms with E-state index in [1.54, 1.807) is 0 Å². The summed E-state index contributed by atoms with van der Waals surface area (Å²) in [5.41, 5.74) is 0.0913. The van der Waals surface area contributed by atoms with Gasteiger partial charge in [-0.15, -0.1) is 0 Å². The fourth-order valence-corrected chi connectivity index (χ4v) is 2.26. The summed E-state index contributed by atoms with van der Waals surface area (Å²) in [4.78, 5) is 17.1. The Labute approximate surface area is 125 Å². The number of likely N-dealkylation sites (N-methyl/N-ethyl adjacent to an activating group) is 1. The molecule has 112 valence electrons. The summed E-state index contributed by atoms with van der Waals surface area (Å²) >= 11 is 6.09. The number of rotatable bonds is 7. The maximum absolute atomic E-state index is 10.9. The lowest BCUT2D eigenvalue weighted by molar-refractivity contribution is 0.0696. The molecule has 0 saturated heterocycles. The van der Waals surface area contributed by atoms with Crippen molar-refractivity contribution in [3.63, 3.8) is 0 Å². The minimum atomic E-state index is -1.03. The molecule has 0 radical (unpaired) electrons. The number of carboxylic acid groups (broad SMARTS) is 1. The van der Waals surface area contributed by atoms with Gasteiger partial charge in [-0.25, -0.2) is 9.78 Å². The first-order valence-corrected chi connectivity index (χ1v) is 6.97. The third kappa shape index (κ3) is 5.35. The van der Waals surface area contributed by atoms with Gasteiger partial charge in [0.2, 0.25) is 0 Å². The maximum atomic E-state index is 10.9. The van der Waals surface area contributed by atoms with E-state index in [4.69, 9.17) is 16.7 Å². The van der Waals surface area contributed by atoms with Crippen LogP contribution in [0.1, 0.15) is 30.6 Å². The van der Waals surface area contributed by atoms with E-state index in [0.29, 0.717) is 16.8 Å². The Hall–Kier alpha value is -1.33. The number of carboxylic acids is 1. The van der Waals surface area contributed by atoms with Gasteiger partial charge in [-0.1, -0.05) is 25.4 Å². The number of pyridine rings is 1. The molecule has 0 aliphatic carbocycles. The minimum Gasteiger partial charge on any atom is -0.478 e. The molecule has 1 aromatic heterocycles. The van der Waals surface area contributed by atoms with Gasteiger partial charge in [0.15, 0.2) is 0 Å². The molecular weight excluding hydrogens is 278 g/mol. The average molecular weight is 300 g/mol. The number of nitrogens with zero attached hydrogens (tertiary/aromatic N) is 2. The van der Waals surface area contributed by atoms with Crippen molar-refractivity contribution in [2.24, 2.45) is 5.92 Å². The van der Waals surface area contributed by atoms with E-state index >= 15 is 0 Å². The predicted molar refractivity (Wildman–Crippen MR) is 81.6 cm³/mol. The molecule has 1 atom stereocenters. The number of carbonyl (C=O) groups is 1. The van der Waals surface area contributed by atoms with E-state index in [2.05, 4.69) is 29.0 Å². The van der Waals surface area contributed by atoms with Crippen molar-refractivity contribution in [3.8, 4) is 0 Å². The Balaban J connectivity index is 2.84. The Bertz CT molecular complexity index is 454. The third-order valence-electron chi connectivity index (χ3n) is 2.77. The Kier molecular flexibility index (Phi) is 6.23. The molecule has 2 N–H and O–H groups in total. The molecule has 1 aromatic rings. The minimum absolute atomic E-state index is 0.0913. The monoisotopic (exact) mass is 299 g/mol. The number of halogens is 1. The average Bonchev–Trinajstić information content (AvgIpc) is 2.29. The normalized spacial score (nSPS) is 12.8. The standard InChI is InChI=1S/C14H22ClN3O2/c1-9(2)5-11(8-18(3)4)17-13-12(15)6-10(7-16-13)14(19)20/h6-7,9,11H,5,8H2,1-4H3,(H,16,17)(H,19,20). The zero-order chi connectivity index (χ0) is 15.3. The number of hydrogen-bond donors (Lipinski definition) is 2. The van der Waals surface area contributed by atoms with Gasteiger partial charge in [0.05, 0.1) is 10.6 Å². The van der Waals surface area contributed by atoms with Gasteiger partial charge in [-0.05, 0) is 32.5 Å². The third-order valence-corrected chi connectivity index (χ3v) is 3.06. The fraction of sp³-hybridized carbons (Fsp3) is 0.571. The highest BCUT2D eigenvalue weighted by Crippen LogP contribution is 2.22. The molecule has 1 unspecified atom stereocenters. The summed E-state index contributed by atoms with van der Waals surface area (Å²) in [6.07, 6.45) is 2.30. The molecule has 0 spiro atoms. The van der Waals surface area contributed by atoms with Crippen molar-refractivity contribution in [1.29, 1.82) is 0 Å². The first-order chi connectivity index (χ1) is 9.29. The molecule has 1 heterocycles. The first-order valence-electron chi connectivity index (χ1n) is 6.59. The lowest BCUT2D eigenvalue weighted by Gasteiger charge is -2.24. The Morgan fingerprint density at radius 3 is 2.60 bits per heavy atom. The smallest absolute Gasteiger partial charge is 0.337 e. The quantitative estimate of drug-likeness (QED) is 0.810. The summed E-state index contributed by atoms with van der Waals surface area (Å²) in [7, 11) is 4.02. The van der Waals surface area contributed by atoms with Crippen LogP contribution in [0, 0.1) is 5.92 Å². The summed E-state index contributed by atoms with van der Waals surface area (Å²) in [5, 5.41) is 12.5. The van der Waals surface area contributed by atoms with Crippen LogP contribution < -0.4 is 5.32 Å². The van der Waals surface area contributed by atoms with Crippen molar-refractivity contribution >= 4 is 23.4 Å². The van der Waals surface area contributed by atoms with Crippen molar-refractivity contribution in [2.45, 2.75) is 26.3 Å². The molecule has 0 saturated carbocycles. The van der Waals surface area contributed by atoms with Crippen LogP contribution in [0.15, 0.2) is 12.3 Å². The lowest BCUT2D eigenvalue weighted by Crippen LogP contribution is -2.33. The molecule has 20 heavy (non-hydrogen) atoms. The summed E-state index contributed by atoms with van der Waals surface area (Å²) in [5.74, 6) is 0.0478. The largest absolute Gasteiger partial charge is 0.478 e. The summed E-state index contributed by atoms with van der Waals surface area (Å²) < 4.78 is 0. The summed E-state index contributed by atoms with van der Waals surface area (Å²) in [6.45, 7) is 5.18. The molecule has 0 aromatic carbocycles. The second-order valence-electron chi connectivity index (χ2n) is 5.59. The van der Waals surface area contributed by atoms with Gasteiger partial charge in [0.25, 0.3) is 0 Å². The fourth-order valence-electron chi connectivity index (χ4n) is 2.04. The van der Waals surface area contributed by atoms with Crippen molar-refractivity contribution < 1.29 is 9.90 Å². The van der Waals surface area contributed by atoms with Crippen LogP contribution >= 0.6 is 11.6 Å². The number of hydrogen-bond acceptors (Lipinski definition) is 4. The maximum Gasteiger partial charge on any atom is 0.337 e. The zero-order valence-electron chi connectivity index (χ0n) is 12.4. The van der Waals surface area contributed by atoms with Crippen LogP contribution in [0.5, 0.6) is 0 Å². The lowest BCUT2D eigenvalue weighted by atomic mass is 10.0. The zero-order valence-corrected chi connectivity index (χ0v) is 13.1.